The summed E-state index contributed by atoms with van der Waals surface area (Å²) in [5.74, 6) is 0. The van der Waals surface area contributed by atoms with Crippen LogP contribution in [0.2, 0.25) is 0 Å². The van der Waals surface area contributed by atoms with Crippen LogP contribution >= 0.6 is 9.90 Å². The van der Waals surface area contributed by atoms with Crippen molar-refractivity contribution < 1.29 is 5.48 Å². The van der Waals surface area contributed by atoms with E-state index >= 15 is 0 Å². The molecule has 0 saturated carbocycles. The van der Waals surface area contributed by atoms with Crippen LogP contribution in [0.5, 0.6) is 0 Å². The van der Waals surface area contributed by atoms with Crippen molar-refractivity contribution in [3.63, 3.8) is 0 Å². The van der Waals surface area contributed by atoms with Gasteiger partial charge in [0.05, 0.1) is 0 Å². The summed E-state index contributed by atoms with van der Waals surface area (Å²) in [6.07, 6.45) is 0. The Bertz CT molecular complexity index is 1500. The normalized spacial score (nSPS) is 9.28. The molecule has 0 radical (unpaired) electrons. The first-order valence-corrected chi connectivity index (χ1v) is 16.3. The molecule has 50 heavy (non-hydrogen) atoms. The van der Waals surface area contributed by atoms with E-state index in [1.807, 2.05) is 48.5 Å². The molecule has 0 aliphatic carbocycles. The summed E-state index contributed by atoms with van der Waals surface area (Å²) in [5, 5.41) is 0. The van der Waals surface area contributed by atoms with Crippen molar-refractivity contribution in [3.05, 3.63) is 243 Å². The molecule has 0 aliphatic heterocycles. The van der Waals surface area contributed by atoms with Crippen molar-refractivity contribution >= 4 is 9.90 Å². The van der Waals surface area contributed by atoms with Gasteiger partial charge in [-0.05, 0) is 54.4 Å². The number of rotatable bonds is 4. The smallest absolute Gasteiger partial charge is 0.0184 e. The molecule has 1 atom stereocenters. The van der Waals surface area contributed by atoms with Gasteiger partial charge < -0.3 is 5.48 Å². The van der Waals surface area contributed by atoms with Gasteiger partial charge in [-0.1, -0.05) is 243 Å². The van der Waals surface area contributed by atoms with Gasteiger partial charge >= 0.3 is 0 Å². The molecule has 8 rings (SSSR count). The number of hydrogen-bond acceptors (Lipinski definition) is 1. The molecule has 0 aromatic heterocycles. The highest BCUT2D eigenvalue weighted by molar-refractivity contribution is 6.92. The lowest BCUT2D eigenvalue weighted by Gasteiger charge is -1.98. The van der Waals surface area contributed by atoms with E-state index in [0.29, 0.717) is 0 Å². The Balaban J connectivity index is 0.000000178. The molecule has 0 heterocycles. The standard InChI is InChI=1S/4C12H10.H2O.H3P/c4*1-3-7-11(8-4-1)12-9-5-2-6-10-12;;/h4*1-10H;1H2;1H3. The Morgan fingerprint density at radius 1 is 0.140 bits per heavy atom. The van der Waals surface area contributed by atoms with E-state index in [2.05, 4.69) is 194 Å². The Morgan fingerprint density at radius 3 is 0.300 bits per heavy atom. The molecular weight excluding hydrogens is 624 g/mol. The SMILES string of the molecule is [OH-].[PH4+].c1ccc(-c2ccccc2)cc1.c1ccc(-c2ccccc2)cc1.c1ccc(-c2ccccc2)cc1.c1ccc(-c2ccccc2)cc1. The summed E-state index contributed by atoms with van der Waals surface area (Å²) in [6, 6.07) is 83.1. The van der Waals surface area contributed by atoms with Crippen LogP contribution in [-0.4, -0.2) is 5.48 Å². The summed E-state index contributed by atoms with van der Waals surface area (Å²) in [7, 11) is 0. The predicted octanol–water partition coefficient (Wildman–Crippen LogP) is 13.0. The minimum absolute atomic E-state index is 0. The predicted molar refractivity (Wildman–Crippen MR) is 222 cm³/mol. The Hall–Kier alpha value is -5.85. The van der Waals surface area contributed by atoms with Gasteiger partial charge in [-0.2, -0.15) is 0 Å². The zero-order valence-corrected chi connectivity index (χ0v) is 30.5. The van der Waals surface area contributed by atoms with Crippen molar-refractivity contribution in [1.29, 1.82) is 0 Å². The van der Waals surface area contributed by atoms with Gasteiger partial charge in [-0.25, -0.2) is 0 Å². The highest BCUT2D eigenvalue weighted by Gasteiger charge is 1.94. The van der Waals surface area contributed by atoms with Gasteiger partial charge in [0, 0.05) is 0 Å². The van der Waals surface area contributed by atoms with Crippen LogP contribution in [0.15, 0.2) is 243 Å². The lowest BCUT2D eigenvalue weighted by Crippen LogP contribution is -1.73. The van der Waals surface area contributed by atoms with Crippen molar-refractivity contribution in [1.82, 2.24) is 0 Å². The summed E-state index contributed by atoms with van der Waals surface area (Å²) in [4.78, 5) is 0. The molecule has 0 spiro atoms. The lowest BCUT2D eigenvalue weighted by molar-refractivity contribution is 0.824. The summed E-state index contributed by atoms with van der Waals surface area (Å²) < 4.78 is 0. The average Bonchev–Trinajstić information content (AvgIpc) is 3.21. The number of benzene rings is 8. The van der Waals surface area contributed by atoms with E-state index < -0.39 is 0 Å². The van der Waals surface area contributed by atoms with Gasteiger partial charge in [-0.15, -0.1) is 0 Å². The monoisotopic (exact) mass is 668 g/mol. The van der Waals surface area contributed by atoms with E-state index in [9.17, 15) is 0 Å². The van der Waals surface area contributed by atoms with Crippen molar-refractivity contribution in [2.75, 3.05) is 0 Å². The minimum atomic E-state index is 0. The van der Waals surface area contributed by atoms with Crippen molar-refractivity contribution in [2.24, 2.45) is 0 Å². The molecule has 8 aromatic carbocycles. The van der Waals surface area contributed by atoms with E-state index in [-0.39, 0.29) is 15.4 Å². The van der Waals surface area contributed by atoms with E-state index in [1.165, 1.54) is 44.5 Å². The highest BCUT2D eigenvalue weighted by Crippen LogP contribution is 2.20. The maximum Gasteiger partial charge on any atom is -0.0184 e. The van der Waals surface area contributed by atoms with Crippen LogP contribution in [0.1, 0.15) is 0 Å². The van der Waals surface area contributed by atoms with E-state index in [0.717, 1.165) is 0 Å². The Labute approximate surface area is 301 Å². The lowest BCUT2D eigenvalue weighted by atomic mass is 10.1. The van der Waals surface area contributed by atoms with Crippen LogP contribution in [0.25, 0.3) is 44.5 Å². The molecule has 0 amide bonds. The number of hydrogen-bond donors (Lipinski definition) is 0. The van der Waals surface area contributed by atoms with Crippen molar-refractivity contribution in [2.45, 2.75) is 0 Å². The molecule has 248 valence electrons. The molecule has 0 fully saturated rings. The molecule has 0 aliphatic rings. The summed E-state index contributed by atoms with van der Waals surface area (Å²) in [6.45, 7) is 0. The molecule has 0 saturated heterocycles. The zero-order valence-electron chi connectivity index (χ0n) is 28.5. The largest absolute Gasteiger partial charge is 0.870 e. The molecule has 1 nitrogen and oxygen atoms in total. The second-order valence-electron chi connectivity index (χ2n) is 10.9. The first-order chi connectivity index (χ1) is 23.9. The van der Waals surface area contributed by atoms with Crippen LogP contribution in [-0.2, 0) is 0 Å². The summed E-state index contributed by atoms with van der Waals surface area (Å²) >= 11 is 0. The quantitative estimate of drug-likeness (QED) is 0.172. The zero-order chi connectivity index (χ0) is 32.9. The molecule has 0 bridgehead atoms. The van der Waals surface area contributed by atoms with E-state index in [4.69, 9.17) is 0 Å². The second kappa shape index (κ2) is 22.7. The van der Waals surface area contributed by atoms with Crippen LogP contribution < -0.4 is 0 Å². The highest BCUT2D eigenvalue weighted by atomic mass is 31.0. The average molecular weight is 669 g/mol. The van der Waals surface area contributed by atoms with Gasteiger partial charge in [0.1, 0.15) is 0 Å². The summed E-state index contributed by atoms with van der Waals surface area (Å²) in [5.41, 5.74) is 10.2. The third-order valence-electron chi connectivity index (χ3n) is 7.52. The fourth-order valence-electron chi connectivity index (χ4n) is 5.04. The molecule has 1 N–H and O–H groups in total. The third kappa shape index (κ3) is 13.0. The van der Waals surface area contributed by atoms with Crippen molar-refractivity contribution in [3.8, 4) is 44.5 Å². The Morgan fingerprint density at radius 2 is 0.220 bits per heavy atom. The van der Waals surface area contributed by atoms with Gasteiger partial charge in [0.15, 0.2) is 0 Å². The third-order valence-corrected chi connectivity index (χ3v) is 7.52. The first-order valence-electron chi connectivity index (χ1n) is 16.3. The van der Waals surface area contributed by atoms with Gasteiger partial charge in [-0.3, -0.25) is 0 Å². The molecule has 8 aromatic rings. The van der Waals surface area contributed by atoms with Crippen LogP contribution in [0.3, 0.4) is 0 Å². The van der Waals surface area contributed by atoms with Gasteiger partial charge in [0.25, 0.3) is 0 Å². The first kappa shape index (κ1) is 38.6. The second-order valence-corrected chi connectivity index (χ2v) is 10.9. The fraction of sp³-hybridized carbons (Fsp3) is 0. The molecule has 1 unspecified atom stereocenters. The molecular formula is C48H45OP. The Kier molecular flexibility index (Phi) is 17.5. The van der Waals surface area contributed by atoms with Crippen LogP contribution in [0, 0.1) is 0 Å². The fourth-order valence-corrected chi connectivity index (χ4v) is 5.04. The molecule has 2 heteroatoms. The van der Waals surface area contributed by atoms with Crippen LogP contribution in [0.4, 0.5) is 0 Å². The van der Waals surface area contributed by atoms with Gasteiger partial charge in [0.2, 0.25) is 0 Å². The maximum absolute atomic E-state index is 2.12. The maximum atomic E-state index is 2.12. The minimum Gasteiger partial charge on any atom is -0.870 e. The van der Waals surface area contributed by atoms with E-state index in [1.54, 1.807) is 0 Å². The topological polar surface area (TPSA) is 30.0 Å².